The number of amides is 2. The lowest BCUT2D eigenvalue weighted by atomic mass is 10.1. The number of benzene rings is 2. The lowest BCUT2D eigenvalue weighted by Gasteiger charge is -2.17. The van der Waals surface area contributed by atoms with Gasteiger partial charge in [0, 0.05) is 42.3 Å². The first kappa shape index (κ1) is 19.1. The fourth-order valence-corrected chi connectivity index (χ4v) is 3.90. The first-order valence-corrected chi connectivity index (χ1v) is 10.3. The number of hydrogen-bond acceptors (Lipinski definition) is 3. The van der Waals surface area contributed by atoms with E-state index in [-0.39, 0.29) is 24.2 Å². The molecule has 1 saturated heterocycles. The summed E-state index contributed by atoms with van der Waals surface area (Å²) >= 11 is 0. The number of nitrogens with zero attached hydrogens (tertiary/aromatic N) is 3. The van der Waals surface area contributed by atoms with Gasteiger partial charge in [-0.25, -0.2) is 4.98 Å². The molecule has 31 heavy (non-hydrogen) atoms. The van der Waals surface area contributed by atoms with Crippen molar-refractivity contribution in [2.45, 2.75) is 13.3 Å². The fraction of sp³-hybridized carbons (Fsp3) is 0.160. The third-order valence-electron chi connectivity index (χ3n) is 5.65. The van der Waals surface area contributed by atoms with Gasteiger partial charge in [0.15, 0.2) is 0 Å². The topological polar surface area (TPSA) is 66.7 Å². The summed E-state index contributed by atoms with van der Waals surface area (Å²) < 4.78 is 1.97. The Morgan fingerprint density at radius 2 is 1.81 bits per heavy atom. The number of aryl methyl sites for hydroxylation is 1. The number of carbonyl (C=O) groups excluding carboxylic acids is 2. The Morgan fingerprint density at radius 1 is 1.03 bits per heavy atom. The molecule has 4 aromatic rings. The minimum atomic E-state index is -0.369. The van der Waals surface area contributed by atoms with E-state index in [1.54, 1.807) is 4.90 Å². The highest BCUT2D eigenvalue weighted by Crippen LogP contribution is 2.27. The Bertz CT molecular complexity index is 1230. The van der Waals surface area contributed by atoms with Gasteiger partial charge in [0.25, 0.3) is 0 Å². The van der Waals surface area contributed by atoms with E-state index in [0.29, 0.717) is 12.2 Å². The number of hydrogen-bond donors (Lipinski definition) is 1. The Morgan fingerprint density at radius 3 is 2.55 bits per heavy atom. The second kappa shape index (κ2) is 7.72. The monoisotopic (exact) mass is 410 g/mol. The van der Waals surface area contributed by atoms with Crippen LogP contribution in [0.2, 0.25) is 0 Å². The van der Waals surface area contributed by atoms with E-state index in [9.17, 15) is 9.59 Å². The van der Waals surface area contributed by atoms with Gasteiger partial charge in [0.05, 0.1) is 11.6 Å². The number of anilines is 2. The van der Waals surface area contributed by atoms with Crippen LogP contribution in [0.4, 0.5) is 11.4 Å². The highest BCUT2D eigenvalue weighted by molar-refractivity contribution is 6.03. The van der Waals surface area contributed by atoms with Crippen molar-refractivity contribution in [3.05, 3.63) is 84.7 Å². The van der Waals surface area contributed by atoms with E-state index in [4.69, 9.17) is 0 Å². The quantitative estimate of drug-likeness (QED) is 0.545. The first-order chi connectivity index (χ1) is 15.1. The minimum Gasteiger partial charge on any atom is -0.326 e. The molecule has 2 aromatic carbocycles. The van der Waals surface area contributed by atoms with Gasteiger partial charge in [0.2, 0.25) is 11.8 Å². The summed E-state index contributed by atoms with van der Waals surface area (Å²) in [6.45, 7) is 2.40. The Hall–Kier alpha value is -3.93. The largest absolute Gasteiger partial charge is 0.326 e. The molecule has 0 saturated carbocycles. The average molecular weight is 410 g/mol. The number of nitrogens with one attached hydrogen (secondary N) is 1. The molecule has 6 nitrogen and oxygen atoms in total. The molecule has 5 rings (SSSR count). The summed E-state index contributed by atoms with van der Waals surface area (Å²) in [5.41, 5.74) is 5.42. The van der Waals surface area contributed by atoms with Crippen LogP contribution in [0.25, 0.3) is 16.9 Å². The average Bonchev–Trinajstić information content (AvgIpc) is 3.39. The van der Waals surface area contributed by atoms with Crippen molar-refractivity contribution in [1.29, 1.82) is 0 Å². The maximum absolute atomic E-state index is 12.8. The molecule has 0 aliphatic carbocycles. The van der Waals surface area contributed by atoms with Gasteiger partial charge in [-0.15, -0.1) is 0 Å². The third kappa shape index (κ3) is 3.80. The standard InChI is InChI=1S/C25H22N4O2/c1-17-5-11-21(12-6-17)29-15-19(14-24(29)30)25(31)26-20-9-7-18(8-10-20)22-16-28-13-3-2-4-23(28)27-22/h2-13,16,19H,14-15H2,1H3,(H,26,31)/t19-/m0/s1. The van der Waals surface area contributed by atoms with Gasteiger partial charge < -0.3 is 14.6 Å². The van der Waals surface area contributed by atoms with E-state index >= 15 is 0 Å². The van der Waals surface area contributed by atoms with Gasteiger partial charge in [0.1, 0.15) is 5.65 Å². The number of imidazole rings is 1. The Balaban J connectivity index is 1.26. The van der Waals surface area contributed by atoms with E-state index in [2.05, 4.69) is 10.3 Å². The molecule has 6 heteroatoms. The molecule has 1 aliphatic rings. The second-order valence-corrected chi connectivity index (χ2v) is 7.90. The molecule has 0 bridgehead atoms. The number of aromatic nitrogens is 2. The van der Waals surface area contributed by atoms with Crippen LogP contribution < -0.4 is 10.2 Å². The fourth-order valence-electron chi connectivity index (χ4n) is 3.90. The summed E-state index contributed by atoms with van der Waals surface area (Å²) in [5.74, 6) is -0.526. The summed E-state index contributed by atoms with van der Waals surface area (Å²) in [7, 11) is 0. The predicted octanol–water partition coefficient (Wildman–Crippen LogP) is 4.30. The van der Waals surface area contributed by atoms with Crippen LogP contribution in [0.1, 0.15) is 12.0 Å². The Labute approximate surface area is 180 Å². The normalized spacial score (nSPS) is 16.1. The van der Waals surface area contributed by atoms with E-state index in [0.717, 1.165) is 28.2 Å². The zero-order chi connectivity index (χ0) is 21.4. The smallest absolute Gasteiger partial charge is 0.229 e. The van der Waals surface area contributed by atoms with Gasteiger partial charge in [-0.1, -0.05) is 35.9 Å². The van der Waals surface area contributed by atoms with Crippen molar-refractivity contribution in [3.63, 3.8) is 0 Å². The highest BCUT2D eigenvalue weighted by atomic mass is 16.2. The summed E-state index contributed by atoms with van der Waals surface area (Å²) in [6, 6.07) is 21.3. The van der Waals surface area contributed by atoms with Crippen LogP contribution in [0, 0.1) is 12.8 Å². The molecule has 0 radical (unpaired) electrons. The van der Waals surface area contributed by atoms with Gasteiger partial charge >= 0.3 is 0 Å². The summed E-state index contributed by atoms with van der Waals surface area (Å²) in [5, 5.41) is 2.95. The summed E-state index contributed by atoms with van der Waals surface area (Å²) in [6.07, 6.45) is 4.16. The molecule has 1 N–H and O–H groups in total. The minimum absolute atomic E-state index is 0.0220. The van der Waals surface area contributed by atoms with Gasteiger partial charge in [-0.05, 0) is 43.3 Å². The molecule has 0 spiro atoms. The lowest BCUT2D eigenvalue weighted by Crippen LogP contribution is -2.28. The van der Waals surface area contributed by atoms with Gasteiger partial charge in [-0.3, -0.25) is 9.59 Å². The van der Waals surface area contributed by atoms with Crippen molar-refractivity contribution in [1.82, 2.24) is 9.38 Å². The molecule has 154 valence electrons. The zero-order valence-corrected chi connectivity index (χ0v) is 17.2. The molecule has 1 atom stereocenters. The molecule has 2 aromatic heterocycles. The highest BCUT2D eigenvalue weighted by Gasteiger charge is 2.35. The molecular weight excluding hydrogens is 388 g/mol. The van der Waals surface area contributed by atoms with E-state index < -0.39 is 0 Å². The van der Waals surface area contributed by atoms with Crippen molar-refractivity contribution < 1.29 is 9.59 Å². The van der Waals surface area contributed by atoms with Crippen LogP contribution >= 0.6 is 0 Å². The van der Waals surface area contributed by atoms with Crippen molar-refractivity contribution in [2.24, 2.45) is 5.92 Å². The molecule has 1 aliphatic heterocycles. The molecular formula is C25H22N4O2. The predicted molar refractivity (Wildman–Crippen MR) is 121 cm³/mol. The molecule has 2 amide bonds. The van der Waals surface area contributed by atoms with Crippen LogP contribution in [0.3, 0.4) is 0 Å². The maximum Gasteiger partial charge on any atom is 0.229 e. The molecule has 1 fully saturated rings. The van der Waals surface area contributed by atoms with Crippen molar-refractivity contribution in [3.8, 4) is 11.3 Å². The van der Waals surface area contributed by atoms with E-state index in [1.165, 1.54) is 0 Å². The van der Waals surface area contributed by atoms with Crippen LogP contribution in [0.5, 0.6) is 0 Å². The van der Waals surface area contributed by atoms with Crippen molar-refractivity contribution >= 4 is 28.8 Å². The number of rotatable bonds is 4. The SMILES string of the molecule is Cc1ccc(N2C[C@@H](C(=O)Nc3ccc(-c4cn5ccccc5n4)cc3)CC2=O)cc1. The van der Waals surface area contributed by atoms with Crippen molar-refractivity contribution in [2.75, 3.05) is 16.8 Å². The van der Waals surface area contributed by atoms with Crippen LogP contribution in [-0.4, -0.2) is 27.7 Å². The third-order valence-corrected chi connectivity index (χ3v) is 5.65. The second-order valence-electron chi connectivity index (χ2n) is 7.90. The number of fused-ring (bicyclic) bond motifs is 1. The molecule has 0 unspecified atom stereocenters. The van der Waals surface area contributed by atoms with E-state index in [1.807, 2.05) is 90.4 Å². The first-order valence-electron chi connectivity index (χ1n) is 10.3. The Kier molecular flexibility index (Phi) is 4.75. The zero-order valence-electron chi connectivity index (χ0n) is 17.2. The van der Waals surface area contributed by atoms with Crippen LogP contribution in [-0.2, 0) is 9.59 Å². The number of pyridine rings is 1. The lowest BCUT2D eigenvalue weighted by molar-refractivity contribution is -0.122. The van der Waals surface area contributed by atoms with Gasteiger partial charge in [-0.2, -0.15) is 0 Å². The molecule has 3 heterocycles. The number of carbonyl (C=O) groups is 2. The summed E-state index contributed by atoms with van der Waals surface area (Å²) in [4.78, 5) is 31.5. The van der Waals surface area contributed by atoms with Crippen LogP contribution in [0.15, 0.2) is 79.1 Å². The maximum atomic E-state index is 12.8.